The van der Waals surface area contributed by atoms with E-state index in [4.69, 9.17) is 18.7 Å². The third-order valence-corrected chi connectivity index (χ3v) is 4.62. The van der Waals surface area contributed by atoms with Gasteiger partial charge in [0.15, 0.2) is 6.61 Å². The summed E-state index contributed by atoms with van der Waals surface area (Å²) in [6.45, 7) is -0.113. The molecule has 4 aromatic rings. The van der Waals surface area contributed by atoms with Crippen LogP contribution >= 0.6 is 0 Å². The standard InChI is InChI=1S/C24H20N2O5/c1-28-20-5-3-4-19(14-20)24-25-22(31-26-24)15-30-23(27)11-7-16-6-8-18-13-21(29-2)10-9-17(18)12-16/h3-14H,15H2,1-2H3/b11-7+. The van der Waals surface area contributed by atoms with Crippen LogP contribution in [0.15, 0.2) is 71.3 Å². The van der Waals surface area contributed by atoms with Crippen molar-refractivity contribution >= 4 is 22.8 Å². The quantitative estimate of drug-likeness (QED) is 0.320. The lowest BCUT2D eigenvalue weighted by Crippen LogP contribution is -2.01. The van der Waals surface area contributed by atoms with Crippen molar-refractivity contribution in [3.05, 3.63) is 78.2 Å². The number of methoxy groups -OCH3 is 2. The fourth-order valence-corrected chi connectivity index (χ4v) is 3.01. The van der Waals surface area contributed by atoms with Crippen LogP contribution in [0, 0.1) is 0 Å². The summed E-state index contributed by atoms with van der Waals surface area (Å²) in [5.74, 6) is 1.59. The van der Waals surface area contributed by atoms with Crippen LogP contribution in [0.1, 0.15) is 11.5 Å². The molecular formula is C24H20N2O5. The number of aromatic nitrogens is 2. The average molecular weight is 416 g/mol. The number of rotatable bonds is 7. The Morgan fingerprint density at radius 3 is 2.58 bits per heavy atom. The monoisotopic (exact) mass is 416 g/mol. The van der Waals surface area contributed by atoms with Crippen LogP contribution in [0.25, 0.3) is 28.2 Å². The van der Waals surface area contributed by atoms with Gasteiger partial charge in [0.1, 0.15) is 11.5 Å². The van der Waals surface area contributed by atoms with E-state index in [1.54, 1.807) is 26.4 Å². The number of carbonyl (C=O) groups excluding carboxylic acids is 1. The van der Waals surface area contributed by atoms with Gasteiger partial charge in [-0.2, -0.15) is 4.98 Å². The van der Waals surface area contributed by atoms with E-state index in [-0.39, 0.29) is 12.5 Å². The Labute approximate surface area is 178 Å². The van der Waals surface area contributed by atoms with Gasteiger partial charge in [-0.05, 0) is 52.7 Å². The molecule has 7 heteroatoms. The summed E-state index contributed by atoms with van der Waals surface area (Å²) in [4.78, 5) is 16.3. The van der Waals surface area contributed by atoms with Crippen molar-refractivity contribution in [2.24, 2.45) is 0 Å². The lowest BCUT2D eigenvalue weighted by molar-refractivity contribution is -0.139. The molecule has 1 aromatic heterocycles. The molecule has 0 radical (unpaired) electrons. The van der Waals surface area contributed by atoms with Gasteiger partial charge in [0.25, 0.3) is 5.89 Å². The zero-order valence-electron chi connectivity index (χ0n) is 17.1. The van der Waals surface area contributed by atoms with E-state index >= 15 is 0 Å². The van der Waals surface area contributed by atoms with E-state index in [0.29, 0.717) is 11.6 Å². The minimum Gasteiger partial charge on any atom is -0.497 e. The number of esters is 1. The highest BCUT2D eigenvalue weighted by molar-refractivity contribution is 5.90. The maximum Gasteiger partial charge on any atom is 0.331 e. The van der Waals surface area contributed by atoms with Crippen LogP contribution in [0.2, 0.25) is 0 Å². The van der Waals surface area contributed by atoms with Crippen molar-refractivity contribution in [2.75, 3.05) is 14.2 Å². The molecule has 7 nitrogen and oxygen atoms in total. The topological polar surface area (TPSA) is 83.7 Å². The fraction of sp³-hybridized carbons (Fsp3) is 0.125. The second kappa shape index (κ2) is 9.13. The number of ether oxygens (including phenoxy) is 3. The average Bonchev–Trinajstić information content (AvgIpc) is 3.30. The summed E-state index contributed by atoms with van der Waals surface area (Å²) in [6.07, 6.45) is 3.06. The van der Waals surface area contributed by atoms with Crippen LogP contribution in [-0.2, 0) is 16.1 Å². The van der Waals surface area contributed by atoms with E-state index in [0.717, 1.165) is 27.6 Å². The van der Waals surface area contributed by atoms with E-state index in [2.05, 4.69) is 10.1 Å². The highest BCUT2D eigenvalue weighted by Crippen LogP contribution is 2.23. The molecule has 0 aliphatic heterocycles. The van der Waals surface area contributed by atoms with Crippen molar-refractivity contribution in [1.29, 1.82) is 0 Å². The SMILES string of the molecule is COc1cccc(-c2noc(COC(=O)/C=C/c3ccc4cc(OC)ccc4c3)n2)c1. The second-order valence-corrected chi connectivity index (χ2v) is 6.66. The van der Waals surface area contributed by atoms with Crippen molar-refractivity contribution in [3.63, 3.8) is 0 Å². The number of benzene rings is 3. The first-order valence-corrected chi connectivity index (χ1v) is 9.54. The molecule has 4 rings (SSSR count). The second-order valence-electron chi connectivity index (χ2n) is 6.66. The summed E-state index contributed by atoms with van der Waals surface area (Å²) in [5, 5.41) is 6.02. The highest BCUT2D eigenvalue weighted by Gasteiger charge is 2.11. The summed E-state index contributed by atoms with van der Waals surface area (Å²) in [7, 11) is 3.22. The molecule has 0 saturated heterocycles. The lowest BCUT2D eigenvalue weighted by Gasteiger charge is -2.03. The van der Waals surface area contributed by atoms with Crippen molar-refractivity contribution in [3.8, 4) is 22.9 Å². The van der Waals surface area contributed by atoms with Gasteiger partial charge < -0.3 is 18.7 Å². The molecule has 0 spiro atoms. The Morgan fingerprint density at radius 1 is 0.968 bits per heavy atom. The number of hydrogen-bond donors (Lipinski definition) is 0. The van der Waals surface area contributed by atoms with Crippen LogP contribution < -0.4 is 9.47 Å². The minimum atomic E-state index is -0.504. The number of carbonyl (C=O) groups is 1. The Bertz CT molecular complexity index is 1250. The van der Waals surface area contributed by atoms with Crippen LogP contribution in [0.4, 0.5) is 0 Å². The highest BCUT2D eigenvalue weighted by atomic mass is 16.6. The third kappa shape index (κ3) is 4.90. The maximum absolute atomic E-state index is 12.1. The first-order valence-electron chi connectivity index (χ1n) is 9.54. The van der Waals surface area contributed by atoms with Gasteiger partial charge in [-0.15, -0.1) is 0 Å². The molecule has 0 fully saturated rings. The van der Waals surface area contributed by atoms with Gasteiger partial charge in [-0.1, -0.05) is 35.5 Å². The summed E-state index contributed by atoms with van der Waals surface area (Å²) in [6, 6.07) is 19.0. The van der Waals surface area contributed by atoms with Crippen molar-refractivity contribution in [1.82, 2.24) is 10.1 Å². The first kappa shape index (κ1) is 20.2. The van der Waals surface area contributed by atoms with E-state index in [1.807, 2.05) is 54.6 Å². The third-order valence-electron chi connectivity index (χ3n) is 4.62. The van der Waals surface area contributed by atoms with Gasteiger partial charge in [-0.3, -0.25) is 0 Å². The summed E-state index contributed by atoms with van der Waals surface area (Å²) in [5.41, 5.74) is 1.63. The molecule has 0 saturated carbocycles. The zero-order chi connectivity index (χ0) is 21.6. The molecule has 0 N–H and O–H groups in total. The van der Waals surface area contributed by atoms with Gasteiger partial charge in [0, 0.05) is 11.6 Å². The molecule has 0 amide bonds. The Balaban J connectivity index is 1.36. The Morgan fingerprint density at radius 2 is 1.74 bits per heavy atom. The molecule has 0 bridgehead atoms. The molecule has 0 unspecified atom stereocenters. The van der Waals surface area contributed by atoms with Crippen LogP contribution in [0.3, 0.4) is 0 Å². The van der Waals surface area contributed by atoms with Crippen molar-refractivity contribution in [2.45, 2.75) is 6.61 Å². The van der Waals surface area contributed by atoms with Crippen molar-refractivity contribution < 1.29 is 23.5 Å². The Kier molecular flexibility index (Phi) is 5.93. The van der Waals surface area contributed by atoms with Crippen LogP contribution in [-0.4, -0.2) is 30.3 Å². The predicted molar refractivity (Wildman–Crippen MR) is 116 cm³/mol. The summed E-state index contributed by atoms with van der Waals surface area (Å²) < 4.78 is 20.8. The molecule has 0 aliphatic rings. The normalized spacial score (nSPS) is 11.0. The molecule has 156 valence electrons. The van der Waals surface area contributed by atoms with Gasteiger partial charge in [-0.25, -0.2) is 4.79 Å². The van der Waals surface area contributed by atoms with Gasteiger partial charge in [0.2, 0.25) is 5.82 Å². The van der Waals surface area contributed by atoms with Gasteiger partial charge in [0.05, 0.1) is 14.2 Å². The number of fused-ring (bicyclic) bond motifs is 1. The van der Waals surface area contributed by atoms with E-state index in [1.165, 1.54) is 6.08 Å². The molecule has 1 heterocycles. The molecule has 0 aliphatic carbocycles. The molecular weight excluding hydrogens is 396 g/mol. The largest absolute Gasteiger partial charge is 0.497 e. The Hall–Kier alpha value is -4.13. The fourth-order valence-electron chi connectivity index (χ4n) is 3.01. The maximum atomic E-state index is 12.1. The smallest absolute Gasteiger partial charge is 0.331 e. The van der Waals surface area contributed by atoms with Gasteiger partial charge >= 0.3 is 5.97 Å². The van der Waals surface area contributed by atoms with E-state index < -0.39 is 5.97 Å². The minimum absolute atomic E-state index is 0.113. The van der Waals surface area contributed by atoms with Crippen LogP contribution in [0.5, 0.6) is 11.5 Å². The summed E-state index contributed by atoms with van der Waals surface area (Å²) >= 11 is 0. The molecule has 31 heavy (non-hydrogen) atoms. The zero-order valence-corrected chi connectivity index (χ0v) is 17.1. The van der Waals surface area contributed by atoms with E-state index in [9.17, 15) is 4.79 Å². The predicted octanol–water partition coefficient (Wildman–Crippen LogP) is 4.66. The number of nitrogens with zero attached hydrogens (tertiary/aromatic N) is 2. The first-order chi connectivity index (χ1) is 15.1. The lowest BCUT2D eigenvalue weighted by atomic mass is 10.1. The molecule has 0 atom stereocenters. The number of hydrogen-bond acceptors (Lipinski definition) is 7. The molecule has 3 aromatic carbocycles.